The standard InChI is InChI=1S/C24H26ClN3O5S2/c1-16-13-17(2)15-22(14-16)28(34(4,30)31)18(3)24(29)26-20-9-11-23(12-10-20)35(32,33)27-21-7-5-19(25)6-8-21/h5-15,18,27H,1-4H3,(H,26,29)/t18-/m0/s1. The van der Waals surface area contributed by atoms with Crippen LogP contribution in [0.15, 0.2) is 71.6 Å². The summed E-state index contributed by atoms with van der Waals surface area (Å²) in [5.41, 5.74) is 2.80. The number of anilines is 3. The van der Waals surface area contributed by atoms with Gasteiger partial charge in [0.2, 0.25) is 15.9 Å². The van der Waals surface area contributed by atoms with Gasteiger partial charge in [0, 0.05) is 16.4 Å². The van der Waals surface area contributed by atoms with Crippen LogP contribution in [0, 0.1) is 13.8 Å². The van der Waals surface area contributed by atoms with Gasteiger partial charge in [-0.15, -0.1) is 0 Å². The second kappa shape index (κ2) is 10.3. The highest BCUT2D eigenvalue weighted by Gasteiger charge is 2.29. The fourth-order valence-electron chi connectivity index (χ4n) is 3.58. The smallest absolute Gasteiger partial charge is 0.261 e. The highest BCUT2D eigenvalue weighted by atomic mass is 35.5. The van der Waals surface area contributed by atoms with Crippen molar-refractivity contribution < 1.29 is 21.6 Å². The lowest BCUT2D eigenvalue weighted by Crippen LogP contribution is -2.45. The number of halogens is 1. The Morgan fingerprint density at radius 3 is 1.89 bits per heavy atom. The van der Waals surface area contributed by atoms with Crippen LogP contribution in [-0.4, -0.2) is 35.0 Å². The number of nitrogens with one attached hydrogen (secondary N) is 2. The van der Waals surface area contributed by atoms with Gasteiger partial charge in [0.05, 0.1) is 16.8 Å². The molecule has 0 unspecified atom stereocenters. The first kappa shape index (κ1) is 26.5. The minimum Gasteiger partial charge on any atom is -0.324 e. The van der Waals surface area contributed by atoms with E-state index in [1.54, 1.807) is 36.4 Å². The molecular formula is C24H26ClN3O5S2. The number of rotatable bonds is 8. The second-order valence-corrected chi connectivity index (χ2v) is 12.2. The van der Waals surface area contributed by atoms with Crippen LogP contribution in [0.5, 0.6) is 0 Å². The lowest BCUT2D eigenvalue weighted by molar-refractivity contribution is -0.116. The number of hydrogen-bond donors (Lipinski definition) is 2. The molecule has 35 heavy (non-hydrogen) atoms. The molecule has 0 aliphatic carbocycles. The minimum atomic E-state index is -3.86. The van der Waals surface area contributed by atoms with Crippen molar-refractivity contribution in [3.8, 4) is 0 Å². The number of carbonyl (C=O) groups excluding carboxylic acids is 1. The molecule has 8 nitrogen and oxygen atoms in total. The van der Waals surface area contributed by atoms with Gasteiger partial charge in [0.15, 0.2) is 0 Å². The van der Waals surface area contributed by atoms with Crippen LogP contribution < -0.4 is 14.3 Å². The Labute approximate surface area is 211 Å². The van der Waals surface area contributed by atoms with Crippen molar-refractivity contribution in [3.63, 3.8) is 0 Å². The summed E-state index contributed by atoms with van der Waals surface area (Å²) in [4.78, 5) is 12.9. The highest BCUT2D eigenvalue weighted by molar-refractivity contribution is 7.92. The van der Waals surface area contributed by atoms with E-state index in [0.717, 1.165) is 21.7 Å². The molecule has 1 atom stereocenters. The first-order valence-corrected chi connectivity index (χ1v) is 14.2. The van der Waals surface area contributed by atoms with Crippen LogP contribution in [-0.2, 0) is 24.8 Å². The van der Waals surface area contributed by atoms with Crippen molar-refractivity contribution >= 4 is 54.6 Å². The molecule has 1 amide bonds. The summed E-state index contributed by atoms with van der Waals surface area (Å²) in [6, 6.07) is 16.0. The topological polar surface area (TPSA) is 113 Å². The van der Waals surface area contributed by atoms with Crippen LogP contribution in [0.1, 0.15) is 18.1 Å². The van der Waals surface area contributed by atoms with Gasteiger partial charge in [0.25, 0.3) is 10.0 Å². The Morgan fingerprint density at radius 1 is 0.857 bits per heavy atom. The van der Waals surface area contributed by atoms with E-state index in [1.165, 1.54) is 31.2 Å². The number of benzene rings is 3. The summed E-state index contributed by atoms with van der Waals surface area (Å²) in [5.74, 6) is -0.565. The Balaban J connectivity index is 1.78. The highest BCUT2D eigenvalue weighted by Crippen LogP contribution is 2.25. The van der Waals surface area contributed by atoms with Crippen molar-refractivity contribution in [1.82, 2.24) is 0 Å². The monoisotopic (exact) mass is 535 g/mol. The Kier molecular flexibility index (Phi) is 7.78. The third kappa shape index (κ3) is 6.74. The maximum atomic E-state index is 12.9. The van der Waals surface area contributed by atoms with E-state index in [0.29, 0.717) is 22.1 Å². The summed E-state index contributed by atoms with van der Waals surface area (Å²) in [6.07, 6.45) is 1.04. The van der Waals surface area contributed by atoms with Crippen molar-refractivity contribution in [1.29, 1.82) is 0 Å². The van der Waals surface area contributed by atoms with Crippen LogP contribution >= 0.6 is 11.6 Å². The van der Waals surface area contributed by atoms with E-state index in [2.05, 4.69) is 10.0 Å². The molecule has 0 aromatic heterocycles. The molecule has 0 radical (unpaired) electrons. The molecule has 3 aromatic carbocycles. The van der Waals surface area contributed by atoms with E-state index in [9.17, 15) is 21.6 Å². The number of carbonyl (C=O) groups is 1. The molecule has 0 fully saturated rings. The number of nitrogens with zero attached hydrogens (tertiary/aromatic N) is 1. The number of aryl methyl sites for hydroxylation is 2. The van der Waals surface area contributed by atoms with Gasteiger partial charge >= 0.3 is 0 Å². The third-order valence-electron chi connectivity index (χ3n) is 5.08. The molecule has 3 aromatic rings. The lowest BCUT2D eigenvalue weighted by Gasteiger charge is -2.28. The lowest BCUT2D eigenvalue weighted by atomic mass is 10.1. The van der Waals surface area contributed by atoms with Gasteiger partial charge in [0.1, 0.15) is 6.04 Å². The predicted octanol–water partition coefficient (Wildman–Crippen LogP) is 4.55. The first-order chi connectivity index (χ1) is 16.3. The summed E-state index contributed by atoms with van der Waals surface area (Å²) in [5, 5.41) is 3.13. The molecule has 0 saturated heterocycles. The normalized spacial score (nSPS) is 12.6. The molecular weight excluding hydrogens is 510 g/mol. The van der Waals surface area contributed by atoms with Gasteiger partial charge in [-0.1, -0.05) is 17.7 Å². The molecule has 3 rings (SSSR count). The molecule has 0 heterocycles. The van der Waals surface area contributed by atoms with Crippen molar-refractivity contribution in [3.05, 3.63) is 82.9 Å². The maximum Gasteiger partial charge on any atom is 0.261 e. The average molecular weight is 536 g/mol. The predicted molar refractivity (Wildman–Crippen MR) is 140 cm³/mol. The Hall–Kier alpha value is -3.08. The van der Waals surface area contributed by atoms with Gasteiger partial charge in [-0.2, -0.15) is 0 Å². The molecule has 0 aliphatic rings. The Morgan fingerprint density at radius 2 is 1.37 bits per heavy atom. The first-order valence-electron chi connectivity index (χ1n) is 10.5. The van der Waals surface area contributed by atoms with E-state index in [-0.39, 0.29) is 4.90 Å². The molecule has 11 heteroatoms. The third-order valence-corrected chi connectivity index (χ3v) is 7.97. The molecule has 186 valence electrons. The van der Waals surface area contributed by atoms with Crippen molar-refractivity contribution in [2.24, 2.45) is 0 Å². The number of amides is 1. The van der Waals surface area contributed by atoms with E-state index < -0.39 is 32.0 Å². The fourth-order valence-corrected chi connectivity index (χ4v) is 5.93. The Bertz CT molecular complexity index is 1420. The van der Waals surface area contributed by atoms with Crippen LogP contribution in [0.25, 0.3) is 0 Å². The van der Waals surface area contributed by atoms with Crippen molar-refractivity contribution in [2.75, 3.05) is 20.6 Å². The summed E-state index contributed by atoms with van der Waals surface area (Å²) >= 11 is 5.83. The maximum absolute atomic E-state index is 12.9. The fraction of sp³-hybridized carbons (Fsp3) is 0.208. The zero-order valence-corrected chi connectivity index (χ0v) is 22.0. The van der Waals surface area contributed by atoms with E-state index in [4.69, 9.17) is 11.6 Å². The molecule has 0 bridgehead atoms. The number of sulfonamides is 2. The quantitative estimate of drug-likeness (QED) is 0.439. The van der Waals surface area contributed by atoms with Crippen LogP contribution in [0.2, 0.25) is 5.02 Å². The zero-order valence-electron chi connectivity index (χ0n) is 19.6. The molecule has 2 N–H and O–H groups in total. The molecule has 0 aliphatic heterocycles. The van der Waals surface area contributed by atoms with E-state index in [1.807, 2.05) is 19.9 Å². The SMILES string of the molecule is Cc1cc(C)cc(N([C@@H](C)C(=O)Nc2ccc(S(=O)(=O)Nc3ccc(Cl)cc3)cc2)S(C)(=O)=O)c1. The van der Waals surface area contributed by atoms with Crippen LogP contribution in [0.3, 0.4) is 0 Å². The van der Waals surface area contributed by atoms with Gasteiger partial charge in [-0.3, -0.25) is 13.8 Å². The van der Waals surface area contributed by atoms with Gasteiger partial charge < -0.3 is 5.32 Å². The molecule has 0 saturated carbocycles. The second-order valence-electron chi connectivity index (χ2n) is 8.21. The summed E-state index contributed by atoms with van der Waals surface area (Å²) in [6.45, 7) is 5.18. The van der Waals surface area contributed by atoms with Gasteiger partial charge in [-0.25, -0.2) is 16.8 Å². The van der Waals surface area contributed by atoms with E-state index >= 15 is 0 Å². The van der Waals surface area contributed by atoms with Crippen molar-refractivity contribution in [2.45, 2.75) is 31.7 Å². The van der Waals surface area contributed by atoms with Gasteiger partial charge in [-0.05, 0) is 92.6 Å². The van der Waals surface area contributed by atoms with Crippen LogP contribution in [0.4, 0.5) is 17.1 Å². The summed E-state index contributed by atoms with van der Waals surface area (Å²) < 4.78 is 53.9. The zero-order chi connectivity index (χ0) is 26.0. The number of hydrogen-bond acceptors (Lipinski definition) is 5. The minimum absolute atomic E-state index is 0.00787. The largest absolute Gasteiger partial charge is 0.324 e. The summed E-state index contributed by atoms with van der Waals surface area (Å²) in [7, 11) is -7.63. The average Bonchev–Trinajstić information content (AvgIpc) is 2.74. The molecule has 0 spiro atoms.